The zero-order valence-electron chi connectivity index (χ0n) is 22.7. The smallest absolute Gasteiger partial charge is 0.410 e. The van der Waals surface area contributed by atoms with Crippen LogP contribution in [0.2, 0.25) is 5.02 Å². The van der Waals surface area contributed by atoms with Gasteiger partial charge >= 0.3 is 6.09 Å². The van der Waals surface area contributed by atoms with Crippen molar-refractivity contribution in [2.75, 3.05) is 19.7 Å². The molecule has 0 N–H and O–H groups in total. The fraction of sp³-hybridized carbons (Fsp3) is 0.533. The lowest BCUT2D eigenvalue weighted by Gasteiger charge is -2.42. The fourth-order valence-corrected chi connectivity index (χ4v) is 5.59. The molecule has 0 unspecified atom stereocenters. The predicted molar refractivity (Wildman–Crippen MR) is 147 cm³/mol. The first-order valence-corrected chi connectivity index (χ1v) is 13.9. The maximum atomic E-state index is 13.8. The molecule has 2 heterocycles. The van der Waals surface area contributed by atoms with E-state index < -0.39 is 5.60 Å². The highest BCUT2D eigenvalue weighted by atomic mass is 35.5. The van der Waals surface area contributed by atoms with Gasteiger partial charge in [0.25, 0.3) is 0 Å². The van der Waals surface area contributed by atoms with Crippen molar-refractivity contribution in [3.05, 3.63) is 64.6 Å². The number of likely N-dealkylation sites (tertiary alicyclic amines) is 1. The number of hydrogen-bond donors (Lipinski definition) is 0. The fourth-order valence-electron chi connectivity index (χ4n) is 5.36. The largest absolute Gasteiger partial charge is 0.444 e. The number of ether oxygens (including phenoxy) is 2. The summed E-state index contributed by atoms with van der Waals surface area (Å²) in [6, 6.07) is 10.6. The minimum absolute atomic E-state index is 0.230. The molecule has 1 aliphatic carbocycles. The van der Waals surface area contributed by atoms with Crippen LogP contribution in [0.3, 0.4) is 0 Å². The van der Waals surface area contributed by atoms with E-state index in [2.05, 4.69) is 9.78 Å². The molecule has 38 heavy (non-hydrogen) atoms. The predicted octanol–water partition coefficient (Wildman–Crippen LogP) is 7.29. The summed E-state index contributed by atoms with van der Waals surface area (Å²) in [6.45, 7) is 10.1. The lowest BCUT2D eigenvalue weighted by atomic mass is 9.73. The average Bonchev–Trinajstić information content (AvgIpc) is 3.60. The third-order valence-corrected chi connectivity index (χ3v) is 7.95. The minimum atomic E-state index is -0.546. The van der Waals surface area contributed by atoms with Gasteiger partial charge in [0.2, 0.25) is 0 Å². The van der Waals surface area contributed by atoms with Crippen LogP contribution in [0.15, 0.2) is 42.6 Å². The van der Waals surface area contributed by atoms with Crippen molar-refractivity contribution < 1.29 is 18.7 Å². The number of rotatable bonds is 7. The quantitative estimate of drug-likeness (QED) is 0.315. The first-order valence-electron chi connectivity index (χ1n) is 13.5. The molecule has 204 valence electrons. The number of benzene rings is 2. The molecule has 1 amide bonds. The van der Waals surface area contributed by atoms with Crippen molar-refractivity contribution in [1.29, 1.82) is 0 Å². The van der Waals surface area contributed by atoms with Crippen LogP contribution >= 0.6 is 11.6 Å². The van der Waals surface area contributed by atoms with Gasteiger partial charge in [-0.1, -0.05) is 23.7 Å². The Morgan fingerprint density at radius 2 is 1.87 bits per heavy atom. The highest BCUT2D eigenvalue weighted by Crippen LogP contribution is 2.39. The molecule has 1 atom stereocenters. The molecule has 1 aromatic heterocycles. The second-order valence-electron chi connectivity index (χ2n) is 11.9. The Hall–Kier alpha value is -2.64. The molecule has 0 bridgehead atoms. The van der Waals surface area contributed by atoms with Crippen LogP contribution in [0, 0.1) is 11.7 Å². The van der Waals surface area contributed by atoms with Crippen LogP contribution in [0.1, 0.15) is 70.6 Å². The summed E-state index contributed by atoms with van der Waals surface area (Å²) in [5.41, 5.74) is 2.21. The Bertz CT molecular complexity index is 1290. The Kier molecular flexibility index (Phi) is 7.44. The third kappa shape index (κ3) is 5.99. The highest BCUT2D eigenvalue weighted by Gasteiger charge is 2.39. The molecule has 6 nitrogen and oxygen atoms in total. The molecule has 5 rings (SSSR count). The number of carbonyl (C=O) groups is 1. The van der Waals surface area contributed by atoms with E-state index in [4.69, 9.17) is 21.1 Å². The van der Waals surface area contributed by atoms with E-state index in [1.54, 1.807) is 4.90 Å². The molecule has 2 aliphatic rings. The maximum Gasteiger partial charge on any atom is 0.410 e. The van der Waals surface area contributed by atoms with Gasteiger partial charge in [-0.2, -0.15) is 5.10 Å². The first kappa shape index (κ1) is 26.9. The zero-order chi connectivity index (χ0) is 27.1. The molecular formula is C30H37ClFN3O3. The van der Waals surface area contributed by atoms with Gasteiger partial charge in [-0.05, 0) is 89.1 Å². The van der Waals surface area contributed by atoms with E-state index in [-0.39, 0.29) is 23.4 Å². The van der Waals surface area contributed by atoms with Crippen molar-refractivity contribution in [1.82, 2.24) is 14.7 Å². The maximum absolute atomic E-state index is 13.8. The normalized spacial score (nSPS) is 18.5. The second-order valence-corrected chi connectivity index (χ2v) is 12.3. The van der Waals surface area contributed by atoms with Gasteiger partial charge in [0.15, 0.2) is 0 Å². The summed E-state index contributed by atoms with van der Waals surface area (Å²) < 4.78 is 28.1. The molecule has 0 spiro atoms. The van der Waals surface area contributed by atoms with Crippen LogP contribution in [0.5, 0.6) is 0 Å². The summed E-state index contributed by atoms with van der Waals surface area (Å²) >= 11 is 6.50. The second kappa shape index (κ2) is 10.5. The number of halogens is 2. The van der Waals surface area contributed by atoms with Crippen LogP contribution in [0.25, 0.3) is 10.9 Å². The molecule has 1 aliphatic heterocycles. The number of aromatic nitrogens is 2. The zero-order valence-corrected chi connectivity index (χ0v) is 23.4. The van der Waals surface area contributed by atoms with E-state index in [0.29, 0.717) is 43.5 Å². The van der Waals surface area contributed by atoms with E-state index in [0.717, 1.165) is 28.6 Å². The SMILES string of the molecule is C[C@@H](OCC1(c2ccc(F)cc2)CCN(C(=O)OC(C)(C)C)CC1)c1cc(Cl)cc2cnn(CC3CC3)c12. The van der Waals surface area contributed by atoms with Gasteiger partial charge in [0, 0.05) is 41.0 Å². The molecular weight excluding hydrogens is 505 g/mol. The number of hydrogen-bond acceptors (Lipinski definition) is 4. The molecule has 3 aromatic rings. The lowest BCUT2D eigenvalue weighted by Crippen LogP contribution is -2.48. The summed E-state index contributed by atoms with van der Waals surface area (Å²) in [7, 11) is 0. The van der Waals surface area contributed by atoms with Crippen LogP contribution in [0.4, 0.5) is 9.18 Å². The summed E-state index contributed by atoms with van der Waals surface area (Å²) in [5, 5.41) is 6.32. The standard InChI is InChI=1S/C30H37ClFN3O3/c1-20(26-16-24(31)15-22-17-33-35(27(22)26)18-21-5-6-21)37-19-30(23-7-9-25(32)10-8-23)11-13-34(14-12-30)28(36)38-29(2,3)4/h7-10,15-17,20-21H,5-6,11-14,18-19H2,1-4H3/t20-/m1/s1. The Labute approximate surface area is 229 Å². The number of amides is 1. The molecule has 0 radical (unpaired) electrons. The lowest BCUT2D eigenvalue weighted by molar-refractivity contribution is -0.00937. The number of piperidine rings is 1. The van der Waals surface area contributed by atoms with Crippen molar-refractivity contribution in [2.24, 2.45) is 5.92 Å². The molecule has 1 saturated carbocycles. The van der Waals surface area contributed by atoms with Crippen LogP contribution in [-0.4, -0.2) is 46.1 Å². The number of carbonyl (C=O) groups excluding carboxylic acids is 1. The van der Waals surface area contributed by atoms with Gasteiger partial charge in [-0.25, -0.2) is 9.18 Å². The van der Waals surface area contributed by atoms with E-state index in [1.807, 2.05) is 58.2 Å². The Balaban J connectivity index is 1.37. The van der Waals surface area contributed by atoms with Crippen LogP contribution < -0.4 is 0 Å². The number of fused-ring (bicyclic) bond motifs is 1. The van der Waals surface area contributed by atoms with Crippen LogP contribution in [-0.2, 0) is 21.4 Å². The van der Waals surface area contributed by atoms with Crippen molar-refractivity contribution >= 4 is 28.6 Å². The van der Waals surface area contributed by atoms with Gasteiger partial charge in [-0.3, -0.25) is 4.68 Å². The van der Waals surface area contributed by atoms with E-state index >= 15 is 0 Å². The highest BCUT2D eigenvalue weighted by molar-refractivity contribution is 6.31. The molecule has 8 heteroatoms. The monoisotopic (exact) mass is 541 g/mol. The summed E-state index contributed by atoms with van der Waals surface area (Å²) in [4.78, 5) is 14.5. The molecule has 2 aromatic carbocycles. The Morgan fingerprint density at radius 1 is 1.18 bits per heavy atom. The Morgan fingerprint density at radius 3 is 2.50 bits per heavy atom. The van der Waals surface area contributed by atoms with Gasteiger partial charge in [-0.15, -0.1) is 0 Å². The van der Waals surface area contributed by atoms with Crippen molar-refractivity contribution in [3.8, 4) is 0 Å². The summed E-state index contributed by atoms with van der Waals surface area (Å²) in [5.74, 6) is 0.421. The van der Waals surface area contributed by atoms with Gasteiger partial charge < -0.3 is 14.4 Å². The van der Waals surface area contributed by atoms with Crippen molar-refractivity contribution in [2.45, 2.75) is 77.0 Å². The van der Waals surface area contributed by atoms with Crippen molar-refractivity contribution in [3.63, 3.8) is 0 Å². The van der Waals surface area contributed by atoms with Gasteiger partial charge in [0.05, 0.1) is 24.4 Å². The van der Waals surface area contributed by atoms with E-state index in [9.17, 15) is 9.18 Å². The third-order valence-electron chi connectivity index (χ3n) is 7.73. The summed E-state index contributed by atoms with van der Waals surface area (Å²) in [6.07, 6.45) is 5.22. The topological polar surface area (TPSA) is 56.6 Å². The molecule has 2 fully saturated rings. The average molecular weight is 542 g/mol. The van der Waals surface area contributed by atoms with E-state index in [1.165, 1.54) is 25.0 Å². The molecule has 1 saturated heterocycles. The van der Waals surface area contributed by atoms with Gasteiger partial charge in [0.1, 0.15) is 11.4 Å². The number of nitrogens with zero attached hydrogens (tertiary/aromatic N) is 3. The first-order chi connectivity index (χ1) is 18.0. The minimum Gasteiger partial charge on any atom is -0.444 e.